The van der Waals surface area contributed by atoms with E-state index in [2.05, 4.69) is 54.5 Å². The van der Waals surface area contributed by atoms with Gasteiger partial charge in [0.2, 0.25) is 0 Å². The molecule has 0 amide bonds. The molecule has 12 aliphatic heterocycles. The summed E-state index contributed by atoms with van der Waals surface area (Å²) >= 11 is 0. The van der Waals surface area contributed by atoms with Crippen molar-refractivity contribution in [1.29, 1.82) is 5.26 Å². The highest BCUT2D eigenvalue weighted by atomic mass is 15.8. The van der Waals surface area contributed by atoms with E-state index in [0.717, 1.165) is 36.9 Å². The van der Waals surface area contributed by atoms with E-state index in [1.54, 1.807) is 0 Å². The molecule has 12 saturated heterocycles. The molecule has 12 fully saturated rings. The summed E-state index contributed by atoms with van der Waals surface area (Å²) in [5.41, 5.74) is 1.04. The zero-order valence-corrected chi connectivity index (χ0v) is 40.0. The first-order valence-corrected chi connectivity index (χ1v) is 26.6. The van der Waals surface area contributed by atoms with E-state index >= 15 is 0 Å². The van der Waals surface area contributed by atoms with Gasteiger partial charge in [0.15, 0.2) is 18.1 Å². The Bertz CT molecular complexity index is 1560. The molecular formula is C47H97N13+12. The van der Waals surface area contributed by atoms with Crippen LogP contribution >= 0.6 is 0 Å². The third-order valence-corrected chi connectivity index (χ3v) is 21.0. The molecule has 0 radical (unpaired) electrons. The van der Waals surface area contributed by atoms with Crippen LogP contribution in [0.5, 0.6) is 0 Å². The lowest BCUT2D eigenvalue weighted by atomic mass is 9.70. The van der Waals surface area contributed by atoms with Gasteiger partial charge in [0.1, 0.15) is 137 Å². The second-order valence-corrected chi connectivity index (χ2v) is 24.4. The Hall–Kier alpha value is -0.990. The van der Waals surface area contributed by atoms with E-state index in [4.69, 9.17) is 5.26 Å². The maximum absolute atomic E-state index is 8.81. The first kappa shape index (κ1) is 42.9. The Kier molecular flexibility index (Phi) is 11.6. The van der Waals surface area contributed by atoms with Crippen molar-refractivity contribution >= 4 is 0 Å². The third kappa shape index (κ3) is 6.34. The molecule has 20 unspecified atom stereocenters. The Morgan fingerprint density at radius 1 is 0.533 bits per heavy atom. The Labute approximate surface area is 365 Å². The fourth-order valence-corrected chi connectivity index (χ4v) is 19.2. The number of hydrogen-bond donors (Lipinski definition) is 12. The van der Waals surface area contributed by atoms with Gasteiger partial charge in [-0.15, -0.1) is 0 Å². The second-order valence-electron chi connectivity index (χ2n) is 24.4. The van der Waals surface area contributed by atoms with Crippen LogP contribution in [0, 0.1) is 28.1 Å². The molecule has 338 valence electrons. The van der Waals surface area contributed by atoms with Gasteiger partial charge >= 0.3 is 17.7 Å². The number of rotatable bonds is 12. The molecule has 60 heavy (non-hydrogen) atoms. The normalized spacial score (nSPS) is 50.5. The number of nitriles is 1. The highest BCUT2D eigenvalue weighted by Crippen LogP contribution is 2.40. The maximum atomic E-state index is 8.81. The SMILES string of the molecule is CCC1C[NH+]2CC[NH+]3CC[NH+]4CC[NH+]1C342.CCCC(C)(CC(C)CC(C)(C)CC)CC1C[NH+]2CC[NH+]3CC[NH+]4CC[NH+]1C342.N#CCCC1C[NH+]2CC[NH+]3CC[NH+]4CC[NH+]1C342. The van der Waals surface area contributed by atoms with Crippen LogP contribution in [-0.4, -0.2) is 173 Å². The van der Waals surface area contributed by atoms with E-state index in [1.807, 2.05) is 58.8 Å². The minimum atomic E-state index is 0.472. The largest absolute Gasteiger partial charge is 0.475 e. The van der Waals surface area contributed by atoms with Crippen LogP contribution in [0.3, 0.4) is 0 Å². The molecule has 3 spiro atoms. The summed E-state index contributed by atoms with van der Waals surface area (Å²) in [5, 5.41) is 8.81. The van der Waals surface area contributed by atoms with E-state index in [0.29, 0.717) is 28.6 Å². The predicted octanol–water partition coefficient (Wildman–Crippen LogP) is -13.6. The standard InChI is InChI=1S/C24H46N4.C12H19N5.C11H20N4/c1-7-9-23(6,17-20(3)16-22(4,5)8-2)18-21-19-27-13-12-25-10-11-26-14-15-28(21)24(25,26)27;13-3-1-2-11-10-16-7-6-14-4-5-15-8-9-17(11)12(14,15)16;1-2-10-9-14-6-5-12-3-4-13-7-8-15(10)11(12,13)14/h20-21H,7-19H2,1-6H3;11H,1-2,4-10H2;10H,2-9H2,1H3/p+12. The van der Waals surface area contributed by atoms with Gasteiger partial charge in [-0.05, 0) is 36.0 Å². The molecule has 0 saturated carbocycles. The molecule has 12 N–H and O–H groups in total. The number of hydrogen-bond acceptors (Lipinski definition) is 1. The lowest BCUT2D eigenvalue weighted by Gasteiger charge is -2.36. The van der Waals surface area contributed by atoms with Crippen LogP contribution in [0.2, 0.25) is 0 Å². The first-order chi connectivity index (χ1) is 29.0. The summed E-state index contributed by atoms with van der Waals surface area (Å²) in [7, 11) is 0. The van der Waals surface area contributed by atoms with Crippen LogP contribution in [0.4, 0.5) is 0 Å². The fourth-order valence-electron chi connectivity index (χ4n) is 19.2. The molecule has 12 heterocycles. The lowest BCUT2D eigenvalue weighted by Crippen LogP contribution is -3.59. The number of nitrogens with zero attached hydrogens (tertiary/aromatic N) is 1. The van der Waals surface area contributed by atoms with Crippen molar-refractivity contribution in [2.24, 2.45) is 16.7 Å². The summed E-state index contributed by atoms with van der Waals surface area (Å²) in [6.07, 6.45) is 11.6. The molecule has 20 atom stereocenters. The van der Waals surface area contributed by atoms with E-state index < -0.39 is 0 Å². The Morgan fingerprint density at radius 3 is 1.33 bits per heavy atom. The summed E-state index contributed by atoms with van der Waals surface area (Å²) in [5.74, 6) is 2.43. The topological polar surface area (TPSA) is 77.1 Å². The highest BCUT2D eigenvalue weighted by Gasteiger charge is 2.84. The van der Waals surface area contributed by atoms with Gasteiger partial charge in [-0.1, -0.05) is 61.3 Å². The summed E-state index contributed by atoms with van der Waals surface area (Å²) in [6, 6.07) is 4.97. The van der Waals surface area contributed by atoms with E-state index in [1.165, 1.54) is 182 Å². The van der Waals surface area contributed by atoms with Gasteiger partial charge in [0.25, 0.3) is 0 Å². The molecular weight excluding hydrogens is 747 g/mol. The van der Waals surface area contributed by atoms with Crippen molar-refractivity contribution in [3.05, 3.63) is 0 Å². The van der Waals surface area contributed by atoms with Crippen molar-refractivity contribution in [1.82, 2.24) is 0 Å². The number of quaternary nitrogens is 12. The Balaban J connectivity index is 0.000000115. The van der Waals surface area contributed by atoms with Gasteiger partial charge in [-0.2, -0.15) is 64.1 Å². The highest BCUT2D eigenvalue weighted by molar-refractivity contribution is 4.84. The van der Waals surface area contributed by atoms with Crippen LogP contribution < -0.4 is 58.8 Å². The summed E-state index contributed by atoms with van der Waals surface area (Å²) < 4.78 is 0. The zero-order chi connectivity index (χ0) is 41.7. The van der Waals surface area contributed by atoms with Gasteiger partial charge in [0, 0.05) is 25.7 Å². The van der Waals surface area contributed by atoms with Gasteiger partial charge in [-0.3, -0.25) is 0 Å². The molecule has 13 nitrogen and oxygen atoms in total. The van der Waals surface area contributed by atoms with Crippen LogP contribution in [0.15, 0.2) is 0 Å². The zero-order valence-electron chi connectivity index (χ0n) is 40.0. The van der Waals surface area contributed by atoms with Crippen LogP contribution in [-0.2, 0) is 0 Å². The first-order valence-electron chi connectivity index (χ1n) is 26.6. The molecule has 0 aliphatic carbocycles. The lowest BCUT2D eigenvalue weighted by molar-refractivity contribution is -1.37. The van der Waals surface area contributed by atoms with Crippen molar-refractivity contribution in [3.63, 3.8) is 0 Å². The average Bonchev–Trinajstić information content (AvgIpc) is 4.03. The van der Waals surface area contributed by atoms with Gasteiger partial charge in [-0.25, -0.2) is 0 Å². The van der Waals surface area contributed by atoms with E-state index in [-0.39, 0.29) is 0 Å². The van der Waals surface area contributed by atoms with Crippen LogP contribution in [0.25, 0.3) is 0 Å². The van der Waals surface area contributed by atoms with Crippen molar-refractivity contribution in [2.75, 3.05) is 137 Å². The molecule has 0 aromatic carbocycles. The smallest absolute Gasteiger partial charge is 0.198 e. The molecule has 0 aromatic heterocycles. The maximum Gasteiger partial charge on any atom is 0.475 e. The number of nitrogens with one attached hydrogen (secondary N) is 12. The molecule has 13 heteroatoms. The molecule has 12 aliphatic rings. The van der Waals surface area contributed by atoms with Crippen molar-refractivity contribution < 1.29 is 58.8 Å². The van der Waals surface area contributed by atoms with Gasteiger partial charge in [0.05, 0.1) is 6.07 Å². The van der Waals surface area contributed by atoms with Crippen LogP contribution in [0.1, 0.15) is 106 Å². The van der Waals surface area contributed by atoms with Crippen molar-refractivity contribution in [3.8, 4) is 6.07 Å². The van der Waals surface area contributed by atoms with Gasteiger partial charge < -0.3 is 0 Å². The Morgan fingerprint density at radius 2 is 0.917 bits per heavy atom. The monoisotopic (exact) mass is 844 g/mol. The van der Waals surface area contributed by atoms with E-state index in [9.17, 15) is 0 Å². The fraction of sp³-hybridized carbons (Fsp3) is 0.979. The minimum Gasteiger partial charge on any atom is -0.198 e. The summed E-state index contributed by atoms with van der Waals surface area (Å²) in [6.45, 7) is 47.0. The average molecular weight is 844 g/mol. The second kappa shape index (κ2) is 16.2. The molecule has 12 rings (SSSR count). The minimum absolute atomic E-state index is 0.472. The molecule has 0 bridgehead atoms. The summed E-state index contributed by atoms with van der Waals surface area (Å²) in [4.78, 5) is 23.2. The predicted molar refractivity (Wildman–Crippen MR) is 229 cm³/mol. The quantitative estimate of drug-likeness (QED) is 0.0950. The van der Waals surface area contributed by atoms with Crippen molar-refractivity contribution in [2.45, 2.75) is 142 Å². The third-order valence-electron chi connectivity index (χ3n) is 21.0. The molecule has 0 aromatic rings.